The highest BCUT2D eigenvalue weighted by Gasteiger charge is 2.36. The Morgan fingerprint density at radius 1 is 1.24 bits per heavy atom. The van der Waals surface area contributed by atoms with Crippen LogP contribution in [0.4, 0.5) is 0 Å². The van der Waals surface area contributed by atoms with E-state index in [2.05, 4.69) is 16.3 Å². The van der Waals surface area contributed by atoms with E-state index in [1.54, 1.807) is 0 Å². The summed E-state index contributed by atoms with van der Waals surface area (Å²) < 4.78 is 5.28. The van der Waals surface area contributed by atoms with Crippen molar-refractivity contribution in [1.82, 2.24) is 10.2 Å². The molecule has 0 saturated carbocycles. The van der Waals surface area contributed by atoms with Crippen molar-refractivity contribution in [2.75, 3.05) is 33.8 Å². The zero-order valence-corrected chi connectivity index (χ0v) is 14.1. The summed E-state index contributed by atoms with van der Waals surface area (Å²) >= 11 is 0. The molecule has 0 saturated heterocycles. The zero-order chi connectivity index (χ0) is 16.0. The first-order valence-corrected chi connectivity index (χ1v) is 7.45. The summed E-state index contributed by atoms with van der Waals surface area (Å²) in [6.45, 7) is 9.78. The van der Waals surface area contributed by atoms with Crippen molar-refractivity contribution in [2.45, 2.75) is 33.2 Å². The molecular formula is C17H28N2O2. The van der Waals surface area contributed by atoms with Gasteiger partial charge in [-0.25, -0.2) is 4.79 Å². The predicted molar refractivity (Wildman–Crippen MR) is 86.5 cm³/mol. The van der Waals surface area contributed by atoms with E-state index in [0.717, 1.165) is 29.8 Å². The summed E-state index contributed by atoms with van der Waals surface area (Å²) in [5, 5.41) is 3.37. The van der Waals surface area contributed by atoms with Gasteiger partial charge in [-0.2, -0.15) is 0 Å². The van der Waals surface area contributed by atoms with Crippen molar-refractivity contribution >= 4 is 5.97 Å². The van der Waals surface area contributed by atoms with E-state index in [-0.39, 0.29) is 5.97 Å². The summed E-state index contributed by atoms with van der Waals surface area (Å²) in [7, 11) is 4.03. The molecule has 1 unspecified atom stereocenters. The fraction of sp³-hybridized carbons (Fsp3) is 0.588. The number of rotatable bonds is 7. The van der Waals surface area contributed by atoms with E-state index < -0.39 is 5.54 Å². The van der Waals surface area contributed by atoms with Crippen LogP contribution in [0.5, 0.6) is 0 Å². The zero-order valence-electron chi connectivity index (χ0n) is 14.1. The second kappa shape index (κ2) is 7.57. The van der Waals surface area contributed by atoms with Gasteiger partial charge in [0.2, 0.25) is 0 Å². The van der Waals surface area contributed by atoms with Crippen LogP contribution in [0.1, 0.15) is 30.5 Å². The number of benzene rings is 1. The second-order valence-electron chi connectivity index (χ2n) is 5.95. The van der Waals surface area contributed by atoms with Gasteiger partial charge in [-0.15, -0.1) is 0 Å². The lowest BCUT2D eigenvalue weighted by atomic mass is 9.89. The maximum absolute atomic E-state index is 12.5. The van der Waals surface area contributed by atoms with Crippen LogP contribution >= 0.6 is 0 Å². The van der Waals surface area contributed by atoms with Crippen LogP contribution in [0, 0.1) is 13.8 Å². The number of aryl methyl sites for hydroxylation is 2. The smallest absolute Gasteiger partial charge is 0.330 e. The number of nitrogens with one attached hydrogen (secondary N) is 1. The number of hydrogen-bond acceptors (Lipinski definition) is 4. The molecule has 1 rings (SSSR count). The summed E-state index contributed by atoms with van der Waals surface area (Å²) in [5.41, 5.74) is 2.44. The van der Waals surface area contributed by atoms with Crippen molar-refractivity contribution in [3.05, 3.63) is 34.9 Å². The maximum Gasteiger partial charge on any atom is 0.330 e. The highest BCUT2D eigenvalue weighted by Crippen LogP contribution is 2.25. The lowest BCUT2D eigenvalue weighted by Gasteiger charge is -2.30. The van der Waals surface area contributed by atoms with Gasteiger partial charge in [0.05, 0.1) is 6.61 Å². The van der Waals surface area contributed by atoms with Crippen molar-refractivity contribution in [1.29, 1.82) is 0 Å². The van der Waals surface area contributed by atoms with Crippen LogP contribution in [-0.4, -0.2) is 44.7 Å². The van der Waals surface area contributed by atoms with Gasteiger partial charge < -0.3 is 9.64 Å². The van der Waals surface area contributed by atoms with Crippen LogP contribution in [0.3, 0.4) is 0 Å². The molecule has 1 atom stereocenters. The molecule has 0 heterocycles. The average molecular weight is 292 g/mol. The van der Waals surface area contributed by atoms with Gasteiger partial charge in [-0.1, -0.05) is 29.3 Å². The Labute approximate surface area is 128 Å². The lowest BCUT2D eigenvalue weighted by molar-refractivity contribution is -0.151. The van der Waals surface area contributed by atoms with Gasteiger partial charge in [-0.3, -0.25) is 5.32 Å². The van der Waals surface area contributed by atoms with E-state index in [1.165, 1.54) is 0 Å². The number of carbonyl (C=O) groups is 1. The maximum atomic E-state index is 12.5. The standard InChI is InChI=1S/C17H28N2O2/c1-7-21-16(20)17(4,18-8-9-19(5)6)15-11-13(2)10-14(3)12-15/h10-12,18H,7-9H2,1-6H3. The topological polar surface area (TPSA) is 41.6 Å². The van der Waals surface area contributed by atoms with E-state index in [4.69, 9.17) is 4.74 Å². The minimum Gasteiger partial charge on any atom is -0.464 e. The summed E-state index contributed by atoms with van der Waals surface area (Å²) in [4.78, 5) is 14.5. The van der Waals surface area contributed by atoms with E-state index in [1.807, 2.05) is 53.9 Å². The molecule has 21 heavy (non-hydrogen) atoms. The summed E-state index contributed by atoms with van der Waals surface area (Å²) in [6.07, 6.45) is 0. The minimum atomic E-state index is -0.817. The first kappa shape index (κ1) is 17.7. The average Bonchev–Trinajstić information content (AvgIpc) is 2.37. The molecule has 118 valence electrons. The molecule has 0 spiro atoms. The SMILES string of the molecule is CCOC(=O)C(C)(NCCN(C)C)c1cc(C)cc(C)c1. The van der Waals surface area contributed by atoms with Gasteiger partial charge >= 0.3 is 5.97 Å². The third-order valence-corrected chi connectivity index (χ3v) is 3.52. The van der Waals surface area contributed by atoms with Crippen molar-refractivity contribution in [2.24, 2.45) is 0 Å². The Morgan fingerprint density at radius 3 is 2.29 bits per heavy atom. The largest absolute Gasteiger partial charge is 0.464 e. The van der Waals surface area contributed by atoms with Gasteiger partial charge in [0.25, 0.3) is 0 Å². The molecule has 4 heteroatoms. The van der Waals surface area contributed by atoms with E-state index in [0.29, 0.717) is 6.61 Å². The molecule has 1 aromatic carbocycles. The van der Waals surface area contributed by atoms with Crippen LogP contribution < -0.4 is 5.32 Å². The summed E-state index contributed by atoms with van der Waals surface area (Å²) in [5.74, 6) is -0.228. The molecule has 0 radical (unpaired) electrons. The third-order valence-electron chi connectivity index (χ3n) is 3.52. The normalized spacial score (nSPS) is 14.0. The highest BCUT2D eigenvalue weighted by molar-refractivity contribution is 5.82. The van der Waals surface area contributed by atoms with Crippen LogP contribution in [0.25, 0.3) is 0 Å². The molecule has 0 aliphatic rings. The Balaban J connectivity index is 3.07. The van der Waals surface area contributed by atoms with Crippen LogP contribution in [0.15, 0.2) is 18.2 Å². The number of hydrogen-bond donors (Lipinski definition) is 1. The first-order chi connectivity index (χ1) is 9.79. The Morgan fingerprint density at radius 2 is 1.81 bits per heavy atom. The fourth-order valence-electron chi connectivity index (χ4n) is 2.36. The molecule has 1 N–H and O–H groups in total. The molecule has 0 aliphatic heterocycles. The Kier molecular flexibility index (Phi) is 6.37. The molecule has 1 aromatic rings. The highest BCUT2D eigenvalue weighted by atomic mass is 16.5. The van der Waals surface area contributed by atoms with Gasteiger partial charge in [0.1, 0.15) is 5.54 Å². The monoisotopic (exact) mass is 292 g/mol. The Bertz CT molecular complexity index is 465. The molecule has 0 amide bonds. The van der Waals surface area contributed by atoms with Crippen molar-refractivity contribution in [3.8, 4) is 0 Å². The fourth-order valence-corrected chi connectivity index (χ4v) is 2.36. The predicted octanol–water partition coefficient (Wildman–Crippen LogP) is 2.23. The number of nitrogens with zero attached hydrogens (tertiary/aromatic N) is 1. The Hall–Kier alpha value is -1.39. The molecular weight excluding hydrogens is 264 g/mol. The first-order valence-electron chi connectivity index (χ1n) is 7.45. The molecule has 0 bridgehead atoms. The number of ether oxygens (including phenoxy) is 1. The van der Waals surface area contributed by atoms with Crippen LogP contribution in [-0.2, 0) is 15.1 Å². The van der Waals surface area contributed by atoms with E-state index in [9.17, 15) is 4.79 Å². The van der Waals surface area contributed by atoms with Crippen LogP contribution in [0.2, 0.25) is 0 Å². The lowest BCUT2D eigenvalue weighted by Crippen LogP contribution is -2.49. The van der Waals surface area contributed by atoms with Gasteiger partial charge in [-0.05, 0) is 47.4 Å². The molecule has 4 nitrogen and oxygen atoms in total. The number of likely N-dealkylation sites (N-methyl/N-ethyl adjacent to an activating group) is 1. The van der Waals surface area contributed by atoms with Crippen molar-refractivity contribution < 1.29 is 9.53 Å². The molecule has 0 fully saturated rings. The molecule has 0 aromatic heterocycles. The summed E-state index contributed by atoms with van der Waals surface area (Å²) in [6, 6.07) is 6.20. The second-order valence-corrected chi connectivity index (χ2v) is 5.95. The van der Waals surface area contributed by atoms with Gasteiger partial charge in [0.15, 0.2) is 0 Å². The van der Waals surface area contributed by atoms with E-state index >= 15 is 0 Å². The van der Waals surface area contributed by atoms with Crippen molar-refractivity contribution in [3.63, 3.8) is 0 Å². The number of esters is 1. The number of carbonyl (C=O) groups excluding carboxylic acids is 1. The molecule has 0 aliphatic carbocycles. The quantitative estimate of drug-likeness (QED) is 0.783. The minimum absolute atomic E-state index is 0.228. The third kappa shape index (κ3) is 4.83. The van der Waals surface area contributed by atoms with Gasteiger partial charge in [0, 0.05) is 13.1 Å².